The Morgan fingerprint density at radius 1 is 1.42 bits per heavy atom. The van der Waals surface area contributed by atoms with Gasteiger partial charge in [0.2, 0.25) is 0 Å². The summed E-state index contributed by atoms with van der Waals surface area (Å²) in [6.45, 7) is 12.7. The monoisotopic (exact) mass is 336 g/mol. The smallest absolute Gasteiger partial charge is 0.410 e. The Hall–Kier alpha value is -1.49. The largest absolute Gasteiger partial charge is 0.465 e. The molecule has 1 aromatic heterocycles. The van der Waals surface area contributed by atoms with Gasteiger partial charge in [0, 0.05) is 18.6 Å². The molecule has 2 rings (SSSR count). The van der Waals surface area contributed by atoms with Crippen LogP contribution in [0, 0.1) is 6.92 Å². The first-order valence-electron chi connectivity index (χ1n) is 8.97. The summed E-state index contributed by atoms with van der Waals surface area (Å²) in [5, 5.41) is 3.57. The molecule has 0 aliphatic carbocycles. The highest BCUT2D eigenvalue weighted by Gasteiger charge is 2.33. The molecule has 1 amide bonds. The number of ether oxygens (including phenoxy) is 1. The van der Waals surface area contributed by atoms with E-state index in [0.717, 1.165) is 37.3 Å². The van der Waals surface area contributed by atoms with E-state index in [1.807, 2.05) is 44.7 Å². The maximum Gasteiger partial charge on any atom is 0.410 e. The normalized spacial score (nSPS) is 20.9. The molecule has 0 spiro atoms. The van der Waals surface area contributed by atoms with Gasteiger partial charge < -0.3 is 19.4 Å². The van der Waals surface area contributed by atoms with Crippen LogP contribution in [0.15, 0.2) is 16.5 Å². The van der Waals surface area contributed by atoms with Crippen LogP contribution >= 0.6 is 0 Å². The number of hydrogen-bond acceptors (Lipinski definition) is 4. The summed E-state index contributed by atoms with van der Waals surface area (Å²) in [4.78, 5) is 14.3. The Kier molecular flexibility index (Phi) is 5.97. The maximum absolute atomic E-state index is 12.4. The Bertz CT molecular complexity index is 547. The summed E-state index contributed by atoms with van der Waals surface area (Å²) in [5.74, 6) is 1.88. The van der Waals surface area contributed by atoms with Crippen molar-refractivity contribution in [2.24, 2.45) is 0 Å². The van der Waals surface area contributed by atoms with E-state index in [-0.39, 0.29) is 18.2 Å². The fourth-order valence-electron chi connectivity index (χ4n) is 3.31. The lowest BCUT2D eigenvalue weighted by atomic mass is 10.1. The Morgan fingerprint density at radius 2 is 2.12 bits per heavy atom. The van der Waals surface area contributed by atoms with E-state index in [1.54, 1.807) is 0 Å². The summed E-state index contributed by atoms with van der Waals surface area (Å²) in [5.41, 5.74) is -0.445. The number of likely N-dealkylation sites (tertiary alicyclic amines) is 1. The van der Waals surface area contributed by atoms with E-state index in [9.17, 15) is 4.79 Å². The van der Waals surface area contributed by atoms with Crippen LogP contribution in [0.5, 0.6) is 0 Å². The molecule has 3 unspecified atom stereocenters. The zero-order valence-electron chi connectivity index (χ0n) is 15.9. The summed E-state index contributed by atoms with van der Waals surface area (Å²) >= 11 is 0. The Balaban J connectivity index is 1.88. The predicted octanol–water partition coefficient (Wildman–Crippen LogP) is 4.42. The molecule has 0 saturated carbocycles. The van der Waals surface area contributed by atoms with Crippen LogP contribution in [-0.4, -0.2) is 35.2 Å². The minimum Gasteiger partial charge on any atom is -0.465 e. The van der Waals surface area contributed by atoms with E-state index in [4.69, 9.17) is 9.15 Å². The summed E-state index contributed by atoms with van der Waals surface area (Å²) < 4.78 is 11.2. The molecule has 0 bridgehead atoms. The van der Waals surface area contributed by atoms with Gasteiger partial charge in [-0.15, -0.1) is 0 Å². The molecule has 5 nitrogen and oxygen atoms in total. The van der Waals surface area contributed by atoms with Crippen LogP contribution < -0.4 is 5.32 Å². The number of carbonyl (C=O) groups is 1. The second-order valence-electron chi connectivity index (χ2n) is 7.94. The molecule has 1 N–H and O–H groups in total. The first kappa shape index (κ1) is 18.8. The van der Waals surface area contributed by atoms with Crippen molar-refractivity contribution in [3.05, 3.63) is 23.7 Å². The van der Waals surface area contributed by atoms with Crippen LogP contribution in [0.3, 0.4) is 0 Å². The number of aryl methyl sites for hydroxylation is 1. The van der Waals surface area contributed by atoms with Crippen molar-refractivity contribution in [2.45, 2.75) is 84.5 Å². The fourth-order valence-corrected chi connectivity index (χ4v) is 3.31. The average molecular weight is 336 g/mol. The molecule has 1 aliphatic heterocycles. The first-order valence-corrected chi connectivity index (χ1v) is 8.97. The molecule has 2 heterocycles. The number of amides is 1. The molecule has 0 radical (unpaired) electrons. The Labute approximate surface area is 145 Å². The van der Waals surface area contributed by atoms with Crippen molar-refractivity contribution in [1.29, 1.82) is 0 Å². The van der Waals surface area contributed by atoms with Crippen molar-refractivity contribution in [3.8, 4) is 0 Å². The van der Waals surface area contributed by atoms with Crippen LogP contribution in [0.2, 0.25) is 0 Å². The average Bonchev–Trinajstić information content (AvgIpc) is 3.05. The maximum atomic E-state index is 12.4. The van der Waals surface area contributed by atoms with Crippen LogP contribution in [0.4, 0.5) is 4.79 Å². The highest BCUT2D eigenvalue weighted by molar-refractivity contribution is 5.68. The minimum absolute atomic E-state index is 0.157. The predicted molar refractivity (Wildman–Crippen MR) is 95.0 cm³/mol. The lowest BCUT2D eigenvalue weighted by Gasteiger charge is -2.30. The molecule has 5 heteroatoms. The first-order chi connectivity index (χ1) is 11.2. The van der Waals surface area contributed by atoms with Gasteiger partial charge in [-0.05, 0) is 72.9 Å². The second kappa shape index (κ2) is 7.60. The molecule has 1 aliphatic rings. The third kappa shape index (κ3) is 5.26. The summed E-state index contributed by atoms with van der Waals surface area (Å²) in [6.07, 6.45) is 2.82. The molecule has 1 fully saturated rings. The minimum atomic E-state index is -0.445. The van der Waals surface area contributed by atoms with Crippen LogP contribution in [-0.2, 0) is 4.74 Å². The Morgan fingerprint density at radius 3 is 2.71 bits per heavy atom. The summed E-state index contributed by atoms with van der Waals surface area (Å²) in [6, 6.07) is 4.69. The van der Waals surface area contributed by atoms with Gasteiger partial charge in [-0.1, -0.05) is 0 Å². The van der Waals surface area contributed by atoms with Crippen LogP contribution in [0.25, 0.3) is 0 Å². The van der Waals surface area contributed by atoms with Crippen molar-refractivity contribution >= 4 is 6.09 Å². The van der Waals surface area contributed by atoms with E-state index in [0.29, 0.717) is 6.04 Å². The molecular formula is C19H32N2O3. The lowest BCUT2D eigenvalue weighted by Crippen LogP contribution is -2.42. The number of carbonyl (C=O) groups excluding carboxylic acids is 1. The van der Waals surface area contributed by atoms with E-state index in [2.05, 4.69) is 19.2 Å². The van der Waals surface area contributed by atoms with Gasteiger partial charge in [0.15, 0.2) is 0 Å². The fraction of sp³-hybridized carbons (Fsp3) is 0.737. The van der Waals surface area contributed by atoms with Crippen molar-refractivity contribution in [3.63, 3.8) is 0 Å². The molecule has 1 saturated heterocycles. The van der Waals surface area contributed by atoms with Crippen molar-refractivity contribution in [1.82, 2.24) is 10.2 Å². The van der Waals surface area contributed by atoms with E-state index < -0.39 is 5.60 Å². The zero-order chi connectivity index (χ0) is 17.9. The lowest BCUT2D eigenvalue weighted by molar-refractivity contribution is 0.0214. The van der Waals surface area contributed by atoms with Gasteiger partial charge in [-0.3, -0.25) is 0 Å². The number of rotatable bonds is 5. The van der Waals surface area contributed by atoms with Gasteiger partial charge in [0.25, 0.3) is 0 Å². The third-order valence-electron chi connectivity index (χ3n) is 4.35. The highest BCUT2D eigenvalue weighted by atomic mass is 16.6. The van der Waals surface area contributed by atoms with Crippen molar-refractivity contribution in [2.75, 3.05) is 6.54 Å². The topological polar surface area (TPSA) is 54.7 Å². The molecule has 3 atom stereocenters. The van der Waals surface area contributed by atoms with Crippen molar-refractivity contribution < 1.29 is 13.9 Å². The second-order valence-corrected chi connectivity index (χ2v) is 7.94. The van der Waals surface area contributed by atoms with Gasteiger partial charge in [-0.2, -0.15) is 0 Å². The van der Waals surface area contributed by atoms with Crippen LogP contribution in [0.1, 0.15) is 71.4 Å². The van der Waals surface area contributed by atoms with Gasteiger partial charge in [-0.25, -0.2) is 4.79 Å². The molecule has 24 heavy (non-hydrogen) atoms. The molecular weight excluding hydrogens is 304 g/mol. The van der Waals surface area contributed by atoms with Gasteiger partial charge in [0.1, 0.15) is 17.1 Å². The highest BCUT2D eigenvalue weighted by Crippen LogP contribution is 2.25. The SMILES string of the molecule is Cc1ccc(C(C)NC(C)CC2CCCN2C(=O)OC(C)(C)C)o1. The molecule has 1 aromatic rings. The molecule has 136 valence electrons. The molecule has 0 aromatic carbocycles. The third-order valence-corrected chi connectivity index (χ3v) is 4.35. The van der Waals surface area contributed by atoms with Gasteiger partial charge >= 0.3 is 6.09 Å². The summed E-state index contributed by atoms with van der Waals surface area (Å²) in [7, 11) is 0. The van der Waals surface area contributed by atoms with E-state index in [1.165, 1.54) is 0 Å². The number of furan rings is 1. The number of hydrogen-bond donors (Lipinski definition) is 1. The zero-order valence-corrected chi connectivity index (χ0v) is 15.9. The quantitative estimate of drug-likeness (QED) is 0.865. The number of nitrogens with zero attached hydrogens (tertiary/aromatic N) is 1. The number of nitrogens with one attached hydrogen (secondary N) is 1. The van der Waals surface area contributed by atoms with Gasteiger partial charge in [0.05, 0.1) is 6.04 Å². The standard InChI is InChI=1S/C19H32N2O3/c1-13(20-15(3)17-10-9-14(2)23-17)12-16-8-7-11-21(16)18(22)24-19(4,5)6/h9-10,13,15-16,20H,7-8,11-12H2,1-6H3. The van der Waals surface area contributed by atoms with E-state index >= 15 is 0 Å².